The van der Waals surface area contributed by atoms with E-state index in [1.807, 2.05) is 0 Å². The largest absolute Gasteiger partial charge is 0.412 e. The molecule has 0 aliphatic heterocycles. The smallest absolute Gasteiger partial charge is 0.394 e. The number of rotatable bonds is 0. The molecule has 0 aromatic carbocycles. The summed E-state index contributed by atoms with van der Waals surface area (Å²) in [5, 5.41) is 0. The van der Waals surface area contributed by atoms with Gasteiger partial charge in [0, 0.05) is 37.7 Å². The van der Waals surface area contributed by atoms with E-state index in [-0.39, 0.29) is 43.2 Å². The molecule has 0 atom stereocenters. The summed E-state index contributed by atoms with van der Waals surface area (Å²) in [5.74, 6) is 0. The Morgan fingerprint density at radius 1 is 1.00 bits per heavy atom. The second-order valence-electron chi connectivity index (χ2n) is 0.448. The van der Waals surface area contributed by atoms with Gasteiger partial charge in [0.05, 0.1) is 0 Å². The van der Waals surface area contributed by atoms with Gasteiger partial charge in [0.25, 0.3) is 0 Å². The van der Waals surface area contributed by atoms with E-state index < -0.39 is 10.4 Å². The Morgan fingerprint density at radius 3 is 1.00 bits per heavy atom. The van der Waals surface area contributed by atoms with E-state index >= 15 is 0 Å². The molecule has 42 valence electrons. The average molecular weight is 130 g/mol. The molecule has 0 saturated carbocycles. The molecule has 0 aliphatic rings. The normalized spacial score (nSPS) is 7.25. The van der Waals surface area contributed by atoms with Crippen molar-refractivity contribution in [2.24, 2.45) is 0 Å². The molecule has 0 aromatic rings. The summed E-state index contributed by atoms with van der Waals surface area (Å²) in [4.78, 5) is 0. The molecule has 0 fully saturated rings. The SMILES string of the molecule is O.O=S(=O)(O)O.[Li].[Li]. The van der Waals surface area contributed by atoms with Gasteiger partial charge in [-0.25, -0.2) is 0 Å². The Bertz CT molecular complexity index is 93.6. The molecule has 0 amide bonds. The van der Waals surface area contributed by atoms with Crippen molar-refractivity contribution in [3.8, 4) is 0 Å². The van der Waals surface area contributed by atoms with Gasteiger partial charge in [-0.1, -0.05) is 0 Å². The summed E-state index contributed by atoms with van der Waals surface area (Å²) < 4.78 is 31.6. The third kappa shape index (κ3) is 243. The second-order valence-corrected chi connectivity index (χ2v) is 1.34. The van der Waals surface area contributed by atoms with Gasteiger partial charge in [0.1, 0.15) is 0 Å². The first kappa shape index (κ1) is 23.0. The zero-order valence-corrected chi connectivity index (χ0v) is 5.44. The van der Waals surface area contributed by atoms with Crippen molar-refractivity contribution in [1.29, 1.82) is 0 Å². The monoisotopic (exact) mass is 130 g/mol. The quantitative estimate of drug-likeness (QED) is 0.285. The fraction of sp³-hybridized carbons (Fsp3) is 0. The maximum atomic E-state index is 8.74. The second kappa shape index (κ2) is 8.02. The predicted molar refractivity (Wildman–Crippen MR) is 29.3 cm³/mol. The number of hydrogen-bond donors (Lipinski definition) is 2. The van der Waals surface area contributed by atoms with Gasteiger partial charge in [0.15, 0.2) is 0 Å². The van der Waals surface area contributed by atoms with Crippen LogP contribution in [0.3, 0.4) is 0 Å². The van der Waals surface area contributed by atoms with Gasteiger partial charge in [-0.05, 0) is 0 Å². The Hall–Kier alpha value is 1.02. The zero-order chi connectivity index (χ0) is 4.50. The van der Waals surface area contributed by atoms with Crippen LogP contribution in [0, 0.1) is 0 Å². The Balaban J connectivity index is -0.0000000267. The molecule has 4 N–H and O–H groups in total. The molecular weight excluding hydrogens is 126 g/mol. The van der Waals surface area contributed by atoms with E-state index in [9.17, 15) is 0 Å². The van der Waals surface area contributed by atoms with Crippen LogP contribution >= 0.6 is 0 Å². The molecular formula is H4Li2O5S. The Kier molecular flexibility index (Phi) is 23.1. The van der Waals surface area contributed by atoms with Crippen molar-refractivity contribution in [2.75, 3.05) is 0 Å². The van der Waals surface area contributed by atoms with Crippen molar-refractivity contribution >= 4 is 48.1 Å². The van der Waals surface area contributed by atoms with E-state index in [1.165, 1.54) is 0 Å². The van der Waals surface area contributed by atoms with E-state index in [1.54, 1.807) is 0 Å². The minimum atomic E-state index is -4.67. The van der Waals surface area contributed by atoms with Crippen LogP contribution in [-0.2, 0) is 10.4 Å². The van der Waals surface area contributed by atoms with Gasteiger partial charge in [-0.2, -0.15) is 8.42 Å². The van der Waals surface area contributed by atoms with Crippen molar-refractivity contribution in [1.82, 2.24) is 0 Å². The summed E-state index contributed by atoms with van der Waals surface area (Å²) in [6, 6.07) is 0. The third-order valence-corrected chi connectivity index (χ3v) is 0. The molecule has 0 aromatic heterocycles. The summed E-state index contributed by atoms with van der Waals surface area (Å²) in [6.45, 7) is 0. The van der Waals surface area contributed by atoms with Crippen molar-refractivity contribution in [2.45, 2.75) is 0 Å². The van der Waals surface area contributed by atoms with Crippen LogP contribution in [-0.4, -0.2) is 60.7 Å². The van der Waals surface area contributed by atoms with E-state index in [4.69, 9.17) is 17.5 Å². The summed E-state index contributed by atoms with van der Waals surface area (Å²) >= 11 is 0. The van der Waals surface area contributed by atoms with Gasteiger partial charge in [0.2, 0.25) is 0 Å². The number of hydrogen-bond acceptors (Lipinski definition) is 2. The van der Waals surface area contributed by atoms with Gasteiger partial charge < -0.3 is 5.48 Å². The zero-order valence-electron chi connectivity index (χ0n) is 4.62. The molecule has 5 nitrogen and oxygen atoms in total. The molecule has 8 heavy (non-hydrogen) atoms. The maximum absolute atomic E-state index is 8.74. The summed E-state index contributed by atoms with van der Waals surface area (Å²) in [7, 11) is -4.67. The molecule has 0 spiro atoms. The first-order valence-electron chi connectivity index (χ1n) is 0.698. The van der Waals surface area contributed by atoms with Crippen LogP contribution in [0.1, 0.15) is 0 Å². The molecule has 2 radical (unpaired) electrons. The van der Waals surface area contributed by atoms with Gasteiger partial charge >= 0.3 is 10.4 Å². The van der Waals surface area contributed by atoms with Crippen LogP contribution in [0.25, 0.3) is 0 Å². The van der Waals surface area contributed by atoms with Crippen molar-refractivity contribution in [3.05, 3.63) is 0 Å². The van der Waals surface area contributed by atoms with Crippen LogP contribution in [0.5, 0.6) is 0 Å². The van der Waals surface area contributed by atoms with E-state index in [0.717, 1.165) is 0 Å². The fourth-order valence-corrected chi connectivity index (χ4v) is 0. The maximum Gasteiger partial charge on any atom is 0.394 e. The topological polar surface area (TPSA) is 106 Å². The third-order valence-electron chi connectivity index (χ3n) is 0. The molecule has 8 heteroatoms. The fourth-order valence-electron chi connectivity index (χ4n) is 0. The van der Waals surface area contributed by atoms with Crippen LogP contribution in [0.15, 0.2) is 0 Å². The first-order valence-corrected chi connectivity index (χ1v) is 2.10. The molecule has 0 unspecified atom stereocenters. The average Bonchev–Trinajstić information content (AvgIpc) is 0.722. The Labute approximate surface area is 71.1 Å². The first-order chi connectivity index (χ1) is 2.00. The molecule has 0 saturated heterocycles. The van der Waals surface area contributed by atoms with Crippen molar-refractivity contribution < 1.29 is 23.0 Å². The summed E-state index contributed by atoms with van der Waals surface area (Å²) in [6.07, 6.45) is 0. The molecule has 0 rings (SSSR count). The minimum absolute atomic E-state index is 0. The molecule has 0 bridgehead atoms. The van der Waals surface area contributed by atoms with E-state index in [2.05, 4.69) is 0 Å². The Morgan fingerprint density at radius 2 is 1.00 bits per heavy atom. The predicted octanol–water partition coefficient (Wildman–Crippen LogP) is -2.24. The van der Waals surface area contributed by atoms with Gasteiger partial charge in [-0.15, -0.1) is 0 Å². The van der Waals surface area contributed by atoms with Crippen LogP contribution in [0.4, 0.5) is 0 Å². The molecule has 0 heterocycles. The van der Waals surface area contributed by atoms with Crippen LogP contribution < -0.4 is 0 Å². The van der Waals surface area contributed by atoms with Crippen molar-refractivity contribution in [3.63, 3.8) is 0 Å². The van der Waals surface area contributed by atoms with Crippen LogP contribution in [0.2, 0.25) is 0 Å². The summed E-state index contributed by atoms with van der Waals surface area (Å²) in [5.41, 5.74) is 0. The van der Waals surface area contributed by atoms with Gasteiger partial charge in [-0.3, -0.25) is 9.11 Å². The minimum Gasteiger partial charge on any atom is -0.412 e. The standard InChI is InChI=1S/2Li.H2O4S.H2O/c;;1-5(2,3)4;/h;;(H2,1,2,3,4);1H2. The van der Waals surface area contributed by atoms with E-state index in [0.29, 0.717) is 0 Å². The molecule has 0 aliphatic carbocycles.